The van der Waals surface area contributed by atoms with Crippen LogP contribution in [0.15, 0.2) is 59.7 Å². The summed E-state index contributed by atoms with van der Waals surface area (Å²) in [5.74, 6) is 0.576. The van der Waals surface area contributed by atoms with Gasteiger partial charge in [-0.2, -0.15) is 5.10 Å². The van der Waals surface area contributed by atoms with E-state index in [9.17, 15) is 9.59 Å². The highest BCUT2D eigenvalue weighted by molar-refractivity contribution is 5.95. The molecule has 1 aliphatic heterocycles. The molecule has 0 radical (unpaired) electrons. The maximum absolute atomic E-state index is 12.8. The average Bonchev–Trinajstić information content (AvgIpc) is 3.21. The maximum atomic E-state index is 12.8. The lowest BCUT2D eigenvalue weighted by Gasteiger charge is -2.17. The number of benzene rings is 2. The van der Waals surface area contributed by atoms with Crippen LogP contribution in [0.1, 0.15) is 35.0 Å². The second-order valence-electron chi connectivity index (χ2n) is 8.61. The fourth-order valence-corrected chi connectivity index (χ4v) is 4.44. The van der Waals surface area contributed by atoms with Gasteiger partial charge in [0.15, 0.2) is 0 Å². The number of pyridine rings is 1. The van der Waals surface area contributed by atoms with Gasteiger partial charge >= 0.3 is 0 Å². The molecular weight excluding hydrogens is 430 g/mol. The number of carbonyl (C=O) groups is 2. The van der Waals surface area contributed by atoms with Gasteiger partial charge in [0.25, 0.3) is 5.91 Å². The molecule has 8 heteroatoms. The Hall–Kier alpha value is -3.78. The van der Waals surface area contributed by atoms with E-state index in [1.165, 1.54) is 0 Å². The van der Waals surface area contributed by atoms with Gasteiger partial charge in [-0.15, -0.1) is 0 Å². The van der Waals surface area contributed by atoms with E-state index < -0.39 is 0 Å². The second-order valence-corrected chi connectivity index (χ2v) is 8.61. The fraction of sp³-hybridized carbons (Fsp3) is 0.308. The molecule has 2 atom stereocenters. The lowest BCUT2D eigenvalue weighted by molar-refractivity contribution is -0.109. The van der Waals surface area contributed by atoms with Crippen LogP contribution in [0.4, 0.5) is 0 Å². The van der Waals surface area contributed by atoms with Crippen LogP contribution >= 0.6 is 0 Å². The SMILES string of the molecule is C/C(=N\NC=O)C1C[C@H](NC(=O)c2ccc(OCc3cc(C)nc4ccccc34)cc2)CN1C. The third kappa shape index (κ3) is 5.40. The Balaban J connectivity index is 1.35. The van der Waals surface area contributed by atoms with Gasteiger partial charge in [-0.3, -0.25) is 19.5 Å². The molecule has 3 aromatic rings. The Morgan fingerprint density at radius 2 is 2.00 bits per heavy atom. The van der Waals surface area contributed by atoms with E-state index in [1.54, 1.807) is 12.1 Å². The Morgan fingerprint density at radius 3 is 2.76 bits per heavy atom. The van der Waals surface area contributed by atoms with Gasteiger partial charge in [-0.05, 0) is 63.7 Å². The van der Waals surface area contributed by atoms with Gasteiger partial charge in [-0.1, -0.05) is 18.2 Å². The number of para-hydroxylation sites is 1. The van der Waals surface area contributed by atoms with Crippen LogP contribution in [0.25, 0.3) is 10.9 Å². The topological polar surface area (TPSA) is 95.9 Å². The molecule has 2 heterocycles. The van der Waals surface area contributed by atoms with E-state index >= 15 is 0 Å². The third-order valence-electron chi connectivity index (χ3n) is 6.10. The summed E-state index contributed by atoms with van der Waals surface area (Å²) in [6, 6.07) is 17.3. The molecule has 34 heavy (non-hydrogen) atoms. The largest absolute Gasteiger partial charge is 0.489 e. The molecular formula is C26H29N5O3. The van der Waals surface area contributed by atoms with E-state index in [0.29, 0.717) is 30.9 Å². The van der Waals surface area contributed by atoms with Crippen molar-refractivity contribution in [2.75, 3.05) is 13.6 Å². The summed E-state index contributed by atoms with van der Waals surface area (Å²) in [6.45, 7) is 4.98. The highest BCUT2D eigenvalue weighted by Crippen LogP contribution is 2.22. The number of ether oxygens (including phenoxy) is 1. The van der Waals surface area contributed by atoms with Crippen LogP contribution < -0.4 is 15.5 Å². The van der Waals surface area contributed by atoms with Crippen molar-refractivity contribution in [1.29, 1.82) is 0 Å². The average molecular weight is 460 g/mol. The molecule has 1 saturated heterocycles. The van der Waals surface area contributed by atoms with E-state index in [4.69, 9.17) is 4.74 Å². The molecule has 176 valence electrons. The number of rotatable bonds is 8. The van der Waals surface area contributed by atoms with Gasteiger partial charge < -0.3 is 10.1 Å². The molecule has 0 bridgehead atoms. The number of likely N-dealkylation sites (N-methyl/N-ethyl adjacent to an activating group) is 1. The highest BCUT2D eigenvalue weighted by Gasteiger charge is 2.32. The summed E-state index contributed by atoms with van der Waals surface area (Å²) in [7, 11) is 1.98. The smallest absolute Gasteiger partial charge is 0.251 e. The van der Waals surface area contributed by atoms with Crippen molar-refractivity contribution >= 4 is 28.9 Å². The minimum absolute atomic E-state index is 0.00279. The number of aromatic nitrogens is 1. The molecule has 2 N–H and O–H groups in total. The quantitative estimate of drug-likeness (QED) is 0.307. The molecule has 0 spiro atoms. The molecule has 2 aromatic carbocycles. The third-order valence-corrected chi connectivity index (χ3v) is 6.10. The normalized spacial score (nSPS) is 18.6. The highest BCUT2D eigenvalue weighted by atomic mass is 16.5. The summed E-state index contributed by atoms with van der Waals surface area (Å²) in [6.07, 6.45) is 1.28. The van der Waals surface area contributed by atoms with Crippen molar-refractivity contribution in [1.82, 2.24) is 20.6 Å². The van der Waals surface area contributed by atoms with E-state index in [1.807, 2.05) is 63.4 Å². The molecule has 2 amide bonds. The van der Waals surface area contributed by atoms with Crippen LogP contribution in [0.2, 0.25) is 0 Å². The van der Waals surface area contributed by atoms with Crippen molar-refractivity contribution < 1.29 is 14.3 Å². The monoisotopic (exact) mass is 459 g/mol. The number of hydrogen-bond donors (Lipinski definition) is 2. The zero-order valence-electron chi connectivity index (χ0n) is 19.6. The molecule has 1 aromatic heterocycles. The van der Waals surface area contributed by atoms with Crippen molar-refractivity contribution in [2.24, 2.45) is 5.10 Å². The lowest BCUT2D eigenvalue weighted by Crippen LogP contribution is -2.36. The Morgan fingerprint density at radius 1 is 1.24 bits per heavy atom. The summed E-state index contributed by atoms with van der Waals surface area (Å²) in [5.41, 5.74) is 6.71. The van der Waals surface area contributed by atoms with Gasteiger partial charge in [0, 0.05) is 34.8 Å². The van der Waals surface area contributed by atoms with Crippen molar-refractivity contribution in [2.45, 2.75) is 39.0 Å². The zero-order chi connectivity index (χ0) is 24.1. The van der Waals surface area contributed by atoms with Crippen molar-refractivity contribution in [3.8, 4) is 5.75 Å². The maximum Gasteiger partial charge on any atom is 0.251 e. The van der Waals surface area contributed by atoms with Crippen LogP contribution in [-0.2, 0) is 11.4 Å². The van der Waals surface area contributed by atoms with Crippen LogP contribution in [-0.4, -0.2) is 53.6 Å². The first-order chi connectivity index (χ1) is 16.4. The van der Waals surface area contributed by atoms with E-state index in [2.05, 4.69) is 25.7 Å². The first-order valence-electron chi connectivity index (χ1n) is 11.3. The van der Waals surface area contributed by atoms with E-state index in [-0.39, 0.29) is 18.0 Å². The summed E-state index contributed by atoms with van der Waals surface area (Å²) < 4.78 is 6.00. The number of hydrazone groups is 1. The number of nitrogens with zero attached hydrogens (tertiary/aromatic N) is 3. The Labute approximate surface area is 199 Å². The molecule has 1 aliphatic rings. The van der Waals surface area contributed by atoms with Crippen molar-refractivity contribution in [3.05, 3.63) is 71.4 Å². The van der Waals surface area contributed by atoms with Crippen molar-refractivity contribution in [3.63, 3.8) is 0 Å². The fourth-order valence-electron chi connectivity index (χ4n) is 4.44. The zero-order valence-corrected chi connectivity index (χ0v) is 19.6. The van der Waals surface area contributed by atoms with E-state index in [0.717, 1.165) is 34.3 Å². The number of carbonyl (C=O) groups excluding carboxylic acids is 2. The lowest BCUT2D eigenvalue weighted by atomic mass is 10.1. The summed E-state index contributed by atoms with van der Waals surface area (Å²) in [5, 5.41) is 8.22. The molecule has 8 nitrogen and oxygen atoms in total. The number of aryl methyl sites for hydroxylation is 1. The van der Waals surface area contributed by atoms with Gasteiger partial charge in [0.2, 0.25) is 6.41 Å². The van der Waals surface area contributed by atoms with Crippen LogP contribution in [0.5, 0.6) is 5.75 Å². The molecule has 0 saturated carbocycles. The standard InChI is InChI=1S/C26H29N5O3/c1-17-12-20(23-6-4-5-7-24(23)28-17)15-34-22-10-8-19(9-11-22)26(33)29-21-13-25(31(3)14-21)18(2)30-27-16-32/h4-12,16,21,25H,13-15H2,1-3H3,(H,27,32)(H,29,33)/b30-18+/t21-,25?/m0/s1. The van der Waals surface area contributed by atoms with Crippen LogP contribution in [0.3, 0.4) is 0 Å². The minimum atomic E-state index is -0.123. The van der Waals surface area contributed by atoms with Gasteiger partial charge in [0.1, 0.15) is 12.4 Å². The summed E-state index contributed by atoms with van der Waals surface area (Å²) in [4.78, 5) is 29.9. The second kappa shape index (κ2) is 10.4. The first-order valence-corrected chi connectivity index (χ1v) is 11.3. The van der Waals surface area contributed by atoms with Gasteiger partial charge in [-0.25, -0.2) is 5.43 Å². The predicted molar refractivity (Wildman–Crippen MR) is 132 cm³/mol. The summed E-state index contributed by atoms with van der Waals surface area (Å²) >= 11 is 0. The number of nitrogens with one attached hydrogen (secondary N) is 2. The number of fused-ring (bicyclic) bond motifs is 1. The predicted octanol–water partition coefficient (Wildman–Crippen LogP) is 3.05. The minimum Gasteiger partial charge on any atom is -0.489 e. The number of amides is 2. The van der Waals surface area contributed by atoms with Gasteiger partial charge in [0.05, 0.1) is 17.3 Å². The molecule has 1 unspecified atom stereocenters. The molecule has 0 aliphatic carbocycles. The Kier molecular flexibility index (Phi) is 7.18. The molecule has 4 rings (SSSR count). The van der Waals surface area contributed by atoms with Crippen LogP contribution in [0, 0.1) is 6.92 Å². The molecule has 1 fully saturated rings. The first kappa shape index (κ1) is 23.4. The Bertz CT molecular complexity index is 1210. The number of hydrogen-bond acceptors (Lipinski definition) is 6. The number of likely N-dealkylation sites (tertiary alicyclic amines) is 1.